The van der Waals surface area contributed by atoms with Crippen LogP contribution in [0, 0.1) is 6.92 Å². The first kappa shape index (κ1) is 13.1. The Morgan fingerprint density at radius 3 is 1.89 bits per heavy atom. The van der Waals surface area contributed by atoms with Gasteiger partial charge in [0.1, 0.15) is 11.5 Å². The van der Waals surface area contributed by atoms with E-state index in [2.05, 4.69) is 0 Å². The molecule has 0 aromatic heterocycles. The standard InChI is InChI=1S/C14H12Cl2O2/c1-9-7-12(15)14(13(16)8-9)18-11-5-3-10(17-2)4-6-11/h3-8H,1-2H3. The van der Waals surface area contributed by atoms with Gasteiger partial charge in [0.25, 0.3) is 0 Å². The van der Waals surface area contributed by atoms with E-state index >= 15 is 0 Å². The summed E-state index contributed by atoms with van der Waals surface area (Å²) in [4.78, 5) is 0. The zero-order valence-electron chi connectivity index (χ0n) is 10.0. The molecule has 0 bridgehead atoms. The fourth-order valence-corrected chi connectivity index (χ4v) is 2.22. The Labute approximate surface area is 116 Å². The molecule has 0 saturated carbocycles. The van der Waals surface area contributed by atoms with Crippen LogP contribution in [0.4, 0.5) is 0 Å². The highest BCUT2D eigenvalue weighted by Gasteiger charge is 2.09. The lowest BCUT2D eigenvalue weighted by molar-refractivity contribution is 0.413. The Kier molecular flexibility index (Phi) is 4.00. The van der Waals surface area contributed by atoms with Gasteiger partial charge in [0, 0.05) is 0 Å². The van der Waals surface area contributed by atoms with Crippen molar-refractivity contribution in [2.75, 3.05) is 7.11 Å². The number of aryl methyl sites for hydroxylation is 1. The summed E-state index contributed by atoms with van der Waals surface area (Å²) in [6.07, 6.45) is 0. The SMILES string of the molecule is COc1ccc(Oc2c(Cl)cc(C)cc2Cl)cc1. The molecule has 0 amide bonds. The molecule has 0 unspecified atom stereocenters. The normalized spacial score (nSPS) is 10.2. The first-order valence-electron chi connectivity index (χ1n) is 5.37. The van der Waals surface area contributed by atoms with Gasteiger partial charge in [-0.05, 0) is 48.9 Å². The molecule has 4 heteroatoms. The first-order chi connectivity index (χ1) is 8.60. The number of hydrogen-bond donors (Lipinski definition) is 0. The lowest BCUT2D eigenvalue weighted by Gasteiger charge is -2.10. The lowest BCUT2D eigenvalue weighted by atomic mass is 10.2. The maximum Gasteiger partial charge on any atom is 0.164 e. The van der Waals surface area contributed by atoms with Gasteiger partial charge < -0.3 is 9.47 Å². The van der Waals surface area contributed by atoms with Crippen LogP contribution in [0.2, 0.25) is 10.0 Å². The summed E-state index contributed by atoms with van der Waals surface area (Å²) in [6.45, 7) is 1.93. The number of ether oxygens (including phenoxy) is 2. The van der Waals surface area contributed by atoms with Gasteiger partial charge in [-0.1, -0.05) is 23.2 Å². The molecule has 0 radical (unpaired) electrons. The minimum Gasteiger partial charge on any atom is -0.497 e. The van der Waals surface area contributed by atoms with Gasteiger partial charge in [0.15, 0.2) is 5.75 Å². The van der Waals surface area contributed by atoms with Crippen molar-refractivity contribution in [2.24, 2.45) is 0 Å². The average Bonchev–Trinajstić information content (AvgIpc) is 2.34. The van der Waals surface area contributed by atoms with Crippen LogP contribution in [0.25, 0.3) is 0 Å². The van der Waals surface area contributed by atoms with Crippen LogP contribution in [0.15, 0.2) is 36.4 Å². The Morgan fingerprint density at radius 2 is 1.39 bits per heavy atom. The summed E-state index contributed by atoms with van der Waals surface area (Å²) >= 11 is 12.2. The predicted octanol–water partition coefficient (Wildman–Crippen LogP) is 5.10. The fraction of sp³-hybridized carbons (Fsp3) is 0.143. The highest BCUT2D eigenvalue weighted by molar-refractivity contribution is 6.37. The smallest absolute Gasteiger partial charge is 0.164 e. The van der Waals surface area contributed by atoms with Gasteiger partial charge in [-0.25, -0.2) is 0 Å². The third-order valence-corrected chi connectivity index (χ3v) is 2.98. The van der Waals surface area contributed by atoms with Gasteiger partial charge >= 0.3 is 0 Å². The highest BCUT2D eigenvalue weighted by Crippen LogP contribution is 2.37. The van der Waals surface area contributed by atoms with Crippen LogP contribution in [-0.2, 0) is 0 Å². The maximum absolute atomic E-state index is 6.11. The Hall–Kier alpha value is -1.38. The molecule has 94 valence electrons. The van der Waals surface area contributed by atoms with E-state index in [-0.39, 0.29) is 0 Å². The van der Waals surface area contributed by atoms with Crippen molar-refractivity contribution in [2.45, 2.75) is 6.92 Å². The van der Waals surface area contributed by atoms with Gasteiger partial charge in [-0.15, -0.1) is 0 Å². The van der Waals surface area contributed by atoms with Gasteiger partial charge in [-0.3, -0.25) is 0 Å². The summed E-state index contributed by atoms with van der Waals surface area (Å²) in [7, 11) is 1.61. The van der Waals surface area contributed by atoms with Gasteiger partial charge in [-0.2, -0.15) is 0 Å². The van der Waals surface area contributed by atoms with E-state index in [4.69, 9.17) is 32.7 Å². The number of benzene rings is 2. The summed E-state index contributed by atoms with van der Waals surface area (Å²) < 4.78 is 10.7. The number of rotatable bonds is 3. The summed E-state index contributed by atoms with van der Waals surface area (Å²) in [5, 5.41) is 0.992. The summed E-state index contributed by atoms with van der Waals surface area (Å²) in [5.41, 5.74) is 0.993. The van der Waals surface area contributed by atoms with Crippen molar-refractivity contribution < 1.29 is 9.47 Å². The third-order valence-electron chi connectivity index (χ3n) is 2.42. The molecule has 0 aliphatic heterocycles. The molecule has 0 heterocycles. The van der Waals surface area contributed by atoms with Gasteiger partial charge in [0.05, 0.1) is 17.2 Å². The summed E-state index contributed by atoms with van der Waals surface area (Å²) in [6, 6.07) is 10.8. The van der Waals surface area contributed by atoms with Crippen molar-refractivity contribution in [1.29, 1.82) is 0 Å². The van der Waals surface area contributed by atoms with E-state index in [1.807, 2.05) is 31.2 Å². The molecule has 0 aliphatic carbocycles. The molecule has 2 rings (SSSR count). The van der Waals surface area contributed by atoms with E-state index < -0.39 is 0 Å². The van der Waals surface area contributed by atoms with Crippen LogP contribution in [0.1, 0.15) is 5.56 Å². The molecule has 2 nitrogen and oxygen atoms in total. The topological polar surface area (TPSA) is 18.5 Å². The van der Waals surface area contributed by atoms with Crippen molar-refractivity contribution >= 4 is 23.2 Å². The predicted molar refractivity (Wildman–Crippen MR) is 74.3 cm³/mol. The zero-order valence-corrected chi connectivity index (χ0v) is 11.5. The van der Waals surface area contributed by atoms with E-state index in [9.17, 15) is 0 Å². The van der Waals surface area contributed by atoms with Crippen LogP contribution >= 0.6 is 23.2 Å². The van der Waals surface area contributed by atoms with Crippen molar-refractivity contribution in [3.05, 3.63) is 52.0 Å². The molecule has 0 spiro atoms. The molecule has 0 atom stereocenters. The molecular weight excluding hydrogens is 271 g/mol. The highest BCUT2D eigenvalue weighted by atomic mass is 35.5. The van der Waals surface area contributed by atoms with E-state index in [0.717, 1.165) is 11.3 Å². The van der Waals surface area contributed by atoms with Crippen LogP contribution in [0.3, 0.4) is 0 Å². The third kappa shape index (κ3) is 2.89. The fourth-order valence-electron chi connectivity index (χ4n) is 1.55. The molecule has 2 aromatic rings. The average molecular weight is 283 g/mol. The van der Waals surface area contributed by atoms with Crippen molar-refractivity contribution in [3.63, 3.8) is 0 Å². The van der Waals surface area contributed by atoms with Gasteiger partial charge in [0.2, 0.25) is 0 Å². The van der Waals surface area contributed by atoms with Crippen LogP contribution < -0.4 is 9.47 Å². The van der Waals surface area contributed by atoms with Crippen LogP contribution in [-0.4, -0.2) is 7.11 Å². The first-order valence-corrected chi connectivity index (χ1v) is 6.13. The minimum atomic E-state index is 0.467. The zero-order chi connectivity index (χ0) is 13.1. The number of methoxy groups -OCH3 is 1. The second kappa shape index (κ2) is 5.51. The van der Waals surface area contributed by atoms with Crippen LogP contribution in [0.5, 0.6) is 17.2 Å². The maximum atomic E-state index is 6.11. The number of hydrogen-bond acceptors (Lipinski definition) is 2. The van der Waals surface area contributed by atoms with E-state index in [0.29, 0.717) is 21.5 Å². The lowest BCUT2D eigenvalue weighted by Crippen LogP contribution is -1.88. The Morgan fingerprint density at radius 1 is 0.889 bits per heavy atom. The second-order valence-electron chi connectivity index (χ2n) is 3.84. The van der Waals surface area contributed by atoms with E-state index in [1.54, 1.807) is 19.2 Å². The monoisotopic (exact) mass is 282 g/mol. The summed E-state index contributed by atoms with van der Waals surface area (Å²) in [5.74, 6) is 1.89. The van der Waals surface area contributed by atoms with E-state index in [1.165, 1.54) is 0 Å². The molecule has 0 aliphatic rings. The van der Waals surface area contributed by atoms with Crippen molar-refractivity contribution in [1.82, 2.24) is 0 Å². The Balaban J connectivity index is 2.28. The van der Waals surface area contributed by atoms with Crippen molar-refractivity contribution in [3.8, 4) is 17.2 Å². The second-order valence-corrected chi connectivity index (χ2v) is 4.65. The Bertz CT molecular complexity index is 527. The quantitative estimate of drug-likeness (QED) is 0.780. The molecule has 0 fully saturated rings. The molecule has 0 N–H and O–H groups in total. The molecule has 0 saturated heterocycles. The number of halogens is 2. The largest absolute Gasteiger partial charge is 0.497 e. The molecule has 2 aromatic carbocycles. The minimum absolute atomic E-state index is 0.467. The molecule has 18 heavy (non-hydrogen) atoms. The molecular formula is C14H12Cl2O2.